The summed E-state index contributed by atoms with van der Waals surface area (Å²) in [5.41, 5.74) is 0.523. The Morgan fingerprint density at radius 2 is 2.24 bits per heavy atom. The topological polar surface area (TPSA) is 72.1 Å². The van der Waals surface area contributed by atoms with Gasteiger partial charge in [-0.15, -0.1) is 11.3 Å². The SMILES string of the molecule is Cc1nc(C(=O)N2CCCC2c2noc(C3CC3)n2)cs1. The fourth-order valence-corrected chi connectivity index (χ4v) is 3.35. The molecule has 7 heteroatoms. The molecule has 1 unspecified atom stereocenters. The smallest absolute Gasteiger partial charge is 0.273 e. The van der Waals surface area contributed by atoms with E-state index >= 15 is 0 Å². The lowest BCUT2D eigenvalue weighted by Gasteiger charge is -2.21. The molecule has 2 fully saturated rings. The van der Waals surface area contributed by atoms with E-state index < -0.39 is 0 Å². The predicted molar refractivity (Wildman–Crippen MR) is 76.1 cm³/mol. The summed E-state index contributed by atoms with van der Waals surface area (Å²) in [5.74, 6) is 1.79. The van der Waals surface area contributed by atoms with Crippen molar-refractivity contribution in [2.24, 2.45) is 0 Å². The lowest BCUT2D eigenvalue weighted by atomic mass is 10.2. The first-order valence-electron chi connectivity index (χ1n) is 7.29. The summed E-state index contributed by atoms with van der Waals surface area (Å²) in [6.07, 6.45) is 4.12. The average molecular weight is 304 g/mol. The largest absolute Gasteiger partial charge is 0.339 e. The number of carbonyl (C=O) groups is 1. The van der Waals surface area contributed by atoms with Crippen LogP contribution in [0.1, 0.15) is 64.9 Å². The Bertz CT molecular complexity index is 676. The van der Waals surface area contributed by atoms with Crippen LogP contribution in [0, 0.1) is 6.92 Å². The minimum absolute atomic E-state index is 0.0281. The van der Waals surface area contributed by atoms with Crippen LogP contribution in [0.15, 0.2) is 9.90 Å². The molecule has 0 radical (unpaired) electrons. The maximum Gasteiger partial charge on any atom is 0.273 e. The van der Waals surface area contributed by atoms with E-state index in [1.807, 2.05) is 17.2 Å². The van der Waals surface area contributed by atoms with E-state index in [1.165, 1.54) is 11.3 Å². The van der Waals surface area contributed by atoms with E-state index in [0.29, 0.717) is 17.4 Å². The summed E-state index contributed by atoms with van der Waals surface area (Å²) < 4.78 is 5.33. The van der Waals surface area contributed by atoms with Crippen LogP contribution in [0.4, 0.5) is 0 Å². The molecule has 1 saturated heterocycles. The van der Waals surface area contributed by atoms with Crippen molar-refractivity contribution in [1.82, 2.24) is 20.0 Å². The molecule has 1 atom stereocenters. The van der Waals surface area contributed by atoms with Gasteiger partial charge in [0.15, 0.2) is 5.82 Å². The number of thiazole rings is 1. The highest BCUT2D eigenvalue weighted by atomic mass is 32.1. The summed E-state index contributed by atoms with van der Waals surface area (Å²) in [4.78, 5) is 23.2. The number of rotatable bonds is 3. The third-order valence-corrected chi connectivity index (χ3v) is 4.81. The van der Waals surface area contributed by atoms with Crippen molar-refractivity contribution in [3.05, 3.63) is 27.8 Å². The van der Waals surface area contributed by atoms with Gasteiger partial charge in [0, 0.05) is 17.8 Å². The first kappa shape index (κ1) is 12.9. The van der Waals surface area contributed by atoms with E-state index in [0.717, 1.165) is 43.1 Å². The third kappa shape index (κ3) is 2.35. The molecule has 2 aliphatic rings. The van der Waals surface area contributed by atoms with Crippen LogP contribution in [0.3, 0.4) is 0 Å². The van der Waals surface area contributed by atoms with Crippen molar-refractivity contribution in [2.75, 3.05) is 6.54 Å². The monoisotopic (exact) mass is 304 g/mol. The Hall–Kier alpha value is -1.76. The van der Waals surface area contributed by atoms with Crippen molar-refractivity contribution in [2.45, 2.75) is 44.6 Å². The van der Waals surface area contributed by atoms with Crippen molar-refractivity contribution in [1.29, 1.82) is 0 Å². The number of aryl methyl sites for hydroxylation is 1. The molecule has 21 heavy (non-hydrogen) atoms. The van der Waals surface area contributed by atoms with E-state index in [9.17, 15) is 4.79 Å². The van der Waals surface area contributed by atoms with Gasteiger partial charge in [0.05, 0.1) is 11.0 Å². The van der Waals surface area contributed by atoms with Crippen LogP contribution in [0.25, 0.3) is 0 Å². The third-order valence-electron chi connectivity index (χ3n) is 4.03. The number of aromatic nitrogens is 3. The summed E-state index contributed by atoms with van der Waals surface area (Å²) in [6.45, 7) is 2.64. The maximum atomic E-state index is 12.6. The molecule has 4 rings (SSSR count). The molecule has 2 aromatic heterocycles. The Kier molecular flexibility index (Phi) is 3.02. The zero-order valence-corrected chi connectivity index (χ0v) is 12.6. The second-order valence-electron chi connectivity index (χ2n) is 5.67. The highest BCUT2D eigenvalue weighted by Gasteiger charge is 2.36. The molecule has 3 heterocycles. The number of amides is 1. The molecule has 0 bridgehead atoms. The molecular formula is C14H16N4O2S. The number of hydrogen-bond donors (Lipinski definition) is 0. The van der Waals surface area contributed by atoms with Crippen molar-refractivity contribution < 1.29 is 9.32 Å². The van der Waals surface area contributed by atoms with Crippen LogP contribution < -0.4 is 0 Å². The Morgan fingerprint density at radius 3 is 2.95 bits per heavy atom. The number of carbonyl (C=O) groups excluding carboxylic acids is 1. The van der Waals surface area contributed by atoms with Crippen LogP contribution in [-0.4, -0.2) is 32.5 Å². The van der Waals surface area contributed by atoms with Crippen LogP contribution >= 0.6 is 11.3 Å². The number of nitrogens with zero attached hydrogens (tertiary/aromatic N) is 4. The molecule has 0 N–H and O–H groups in total. The van der Waals surface area contributed by atoms with Gasteiger partial charge in [0.1, 0.15) is 5.69 Å². The van der Waals surface area contributed by atoms with Gasteiger partial charge in [0.25, 0.3) is 5.91 Å². The van der Waals surface area contributed by atoms with Crippen molar-refractivity contribution in [3.63, 3.8) is 0 Å². The fourth-order valence-electron chi connectivity index (χ4n) is 2.77. The van der Waals surface area contributed by atoms with E-state index in [2.05, 4.69) is 15.1 Å². The first-order valence-corrected chi connectivity index (χ1v) is 8.17. The van der Waals surface area contributed by atoms with Gasteiger partial charge in [0.2, 0.25) is 5.89 Å². The Balaban J connectivity index is 1.57. The highest BCUT2D eigenvalue weighted by Crippen LogP contribution is 2.40. The zero-order chi connectivity index (χ0) is 14.4. The van der Waals surface area contributed by atoms with Crippen molar-refractivity contribution in [3.8, 4) is 0 Å². The first-order chi connectivity index (χ1) is 10.2. The van der Waals surface area contributed by atoms with Crippen molar-refractivity contribution >= 4 is 17.2 Å². The summed E-state index contributed by atoms with van der Waals surface area (Å²) in [6, 6.07) is -0.0734. The number of likely N-dealkylation sites (tertiary alicyclic amines) is 1. The molecule has 6 nitrogen and oxygen atoms in total. The number of hydrogen-bond acceptors (Lipinski definition) is 6. The quantitative estimate of drug-likeness (QED) is 0.871. The van der Waals surface area contributed by atoms with Gasteiger partial charge < -0.3 is 9.42 Å². The standard InChI is InChI=1S/C14H16N4O2S/c1-8-15-10(7-21-8)14(19)18-6-2-3-11(18)12-16-13(20-17-12)9-4-5-9/h7,9,11H,2-6H2,1H3. The molecule has 0 spiro atoms. The van der Waals surface area contributed by atoms with E-state index in [4.69, 9.17) is 4.52 Å². The molecule has 1 saturated carbocycles. The summed E-state index contributed by atoms with van der Waals surface area (Å²) >= 11 is 1.50. The molecule has 1 aliphatic heterocycles. The maximum absolute atomic E-state index is 12.6. The summed E-state index contributed by atoms with van der Waals surface area (Å²) in [7, 11) is 0. The van der Waals surface area contributed by atoms with Gasteiger partial charge in [-0.1, -0.05) is 5.16 Å². The van der Waals surface area contributed by atoms with Gasteiger partial charge in [-0.25, -0.2) is 4.98 Å². The molecule has 110 valence electrons. The highest BCUT2D eigenvalue weighted by molar-refractivity contribution is 7.09. The molecule has 1 aliphatic carbocycles. The minimum atomic E-state index is -0.0734. The van der Waals surface area contributed by atoms with Crippen LogP contribution in [-0.2, 0) is 0 Å². The molecule has 0 aromatic carbocycles. The lowest BCUT2D eigenvalue weighted by Crippen LogP contribution is -2.31. The second-order valence-corrected chi connectivity index (χ2v) is 6.74. The molecular weight excluding hydrogens is 288 g/mol. The van der Waals surface area contributed by atoms with E-state index in [-0.39, 0.29) is 11.9 Å². The van der Waals surface area contributed by atoms with Gasteiger partial charge in [-0.05, 0) is 32.6 Å². The lowest BCUT2D eigenvalue weighted by molar-refractivity contribution is 0.0723. The normalized spacial score (nSPS) is 22.0. The van der Waals surface area contributed by atoms with Crippen LogP contribution in [0.2, 0.25) is 0 Å². The summed E-state index contributed by atoms with van der Waals surface area (Å²) in [5, 5.41) is 6.82. The second kappa shape index (κ2) is 4.91. The van der Waals surface area contributed by atoms with Crippen LogP contribution in [0.5, 0.6) is 0 Å². The predicted octanol–water partition coefficient (Wildman–Crippen LogP) is 2.69. The Labute approximate surface area is 126 Å². The van der Waals surface area contributed by atoms with E-state index in [1.54, 1.807) is 0 Å². The molecule has 1 amide bonds. The van der Waals surface area contributed by atoms with Gasteiger partial charge in [-0.2, -0.15) is 4.98 Å². The average Bonchev–Trinajstić information content (AvgIpc) is 2.94. The Morgan fingerprint density at radius 1 is 1.38 bits per heavy atom. The van der Waals surface area contributed by atoms with Gasteiger partial charge in [-0.3, -0.25) is 4.79 Å². The zero-order valence-electron chi connectivity index (χ0n) is 11.8. The van der Waals surface area contributed by atoms with Gasteiger partial charge >= 0.3 is 0 Å². The molecule has 2 aromatic rings. The fraction of sp³-hybridized carbons (Fsp3) is 0.571. The minimum Gasteiger partial charge on any atom is -0.339 e.